The fourth-order valence-electron chi connectivity index (χ4n) is 4.88. The molecule has 3 heterocycles. The van der Waals surface area contributed by atoms with E-state index in [2.05, 4.69) is 0 Å². The summed E-state index contributed by atoms with van der Waals surface area (Å²) in [6.45, 7) is 0.685. The Morgan fingerprint density at radius 2 is 2.17 bits per heavy atom. The smallest absolute Gasteiger partial charge is 0.250 e. The molecule has 2 aliphatic rings. The first-order chi connectivity index (χ1) is 14.2. The van der Waals surface area contributed by atoms with Crippen LogP contribution in [0.4, 0.5) is 8.78 Å². The molecule has 4 rings (SSSR count). The van der Waals surface area contributed by atoms with Crippen LogP contribution in [0.2, 0.25) is 5.02 Å². The van der Waals surface area contributed by atoms with E-state index >= 15 is 0 Å². The van der Waals surface area contributed by atoms with Crippen LogP contribution in [0.3, 0.4) is 0 Å². The zero-order valence-electron chi connectivity index (χ0n) is 16.7. The normalized spacial score (nSPS) is 27.4. The van der Waals surface area contributed by atoms with Gasteiger partial charge >= 0.3 is 0 Å². The van der Waals surface area contributed by atoms with Crippen molar-refractivity contribution in [2.45, 2.75) is 75.1 Å². The highest BCUT2D eigenvalue weighted by atomic mass is 35.5. The number of halogens is 3. The van der Waals surface area contributed by atoms with Gasteiger partial charge in [0.25, 0.3) is 5.92 Å². The van der Waals surface area contributed by atoms with Crippen molar-refractivity contribution in [3.63, 3.8) is 0 Å². The predicted molar refractivity (Wildman–Crippen MR) is 111 cm³/mol. The number of ether oxygens (including phenoxy) is 1. The minimum Gasteiger partial charge on any atom is -0.389 e. The molecule has 3 atom stereocenters. The van der Waals surface area contributed by atoms with Gasteiger partial charge in [0.05, 0.1) is 34.0 Å². The maximum atomic E-state index is 13.7. The molecule has 0 spiro atoms. The Balaban J connectivity index is 1.54. The molecule has 0 amide bonds. The van der Waals surface area contributed by atoms with Gasteiger partial charge in [-0.15, -0.1) is 0 Å². The summed E-state index contributed by atoms with van der Waals surface area (Å²) in [7, 11) is 0. The molecule has 0 aromatic carbocycles. The number of pyridine rings is 1. The molecule has 2 aromatic heterocycles. The van der Waals surface area contributed by atoms with E-state index in [1.807, 2.05) is 22.7 Å². The molecule has 5 nitrogen and oxygen atoms in total. The third-order valence-electron chi connectivity index (χ3n) is 6.17. The molecule has 30 heavy (non-hydrogen) atoms. The van der Waals surface area contributed by atoms with E-state index in [1.54, 1.807) is 6.07 Å². The molecule has 2 fully saturated rings. The zero-order chi connectivity index (χ0) is 21.5. The number of aromatic nitrogens is 1. The number of nitrogens with zero attached hydrogens (tertiary/aromatic N) is 1. The third-order valence-corrected chi connectivity index (χ3v) is 6.48. The van der Waals surface area contributed by atoms with E-state index in [9.17, 15) is 19.0 Å². The second-order valence-corrected chi connectivity index (χ2v) is 9.12. The average Bonchev–Trinajstić information content (AvgIpc) is 3.27. The Morgan fingerprint density at radius 3 is 2.87 bits per heavy atom. The van der Waals surface area contributed by atoms with E-state index in [4.69, 9.17) is 21.7 Å². The second-order valence-electron chi connectivity index (χ2n) is 8.71. The Kier molecular flexibility index (Phi) is 5.92. The maximum Gasteiger partial charge on any atom is 0.250 e. The molecule has 8 heteroatoms. The zero-order valence-corrected chi connectivity index (χ0v) is 17.5. The van der Waals surface area contributed by atoms with E-state index in [-0.39, 0.29) is 43.9 Å². The van der Waals surface area contributed by atoms with Crippen molar-refractivity contribution in [2.75, 3.05) is 6.61 Å². The summed E-state index contributed by atoms with van der Waals surface area (Å²) in [4.78, 5) is 0. The van der Waals surface area contributed by atoms with Gasteiger partial charge in [-0.25, -0.2) is 8.78 Å². The number of hydrogen-bond acceptors (Lipinski definition) is 4. The molecule has 0 bridgehead atoms. The molecule has 164 valence electrons. The van der Waals surface area contributed by atoms with Crippen LogP contribution in [0.1, 0.15) is 74.8 Å². The molecule has 0 radical (unpaired) electrons. The van der Waals surface area contributed by atoms with Crippen molar-refractivity contribution >= 4 is 22.8 Å². The molecule has 3 unspecified atom stereocenters. The van der Waals surface area contributed by atoms with Gasteiger partial charge in [-0.3, -0.25) is 0 Å². The summed E-state index contributed by atoms with van der Waals surface area (Å²) in [5.41, 5.74) is 0.593. The van der Waals surface area contributed by atoms with Crippen LogP contribution in [0, 0.1) is 5.41 Å². The van der Waals surface area contributed by atoms with Gasteiger partial charge in [-0.2, -0.15) is 0 Å². The lowest BCUT2D eigenvalue weighted by atomic mass is 9.78. The summed E-state index contributed by atoms with van der Waals surface area (Å²) in [5.74, 6) is -2.91. The van der Waals surface area contributed by atoms with Crippen LogP contribution in [0.15, 0.2) is 24.4 Å². The van der Waals surface area contributed by atoms with Crippen molar-refractivity contribution in [1.29, 1.82) is 5.41 Å². The molecular weight excluding hydrogens is 414 g/mol. The lowest BCUT2D eigenvalue weighted by Gasteiger charge is -2.36. The van der Waals surface area contributed by atoms with Gasteiger partial charge in [-0.05, 0) is 43.9 Å². The third kappa shape index (κ3) is 4.40. The van der Waals surface area contributed by atoms with Crippen LogP contribution in [0.5, 0.6) is 0 Å². The SMILES string of the molecule is N=C(CC(O)c1cc(C2CCCO2)n2cccc(Cl)c12)CC1(O)CCCC(F)(F)C1. The molecule has 1 saturated heterocycles. The molecular formula is C22H27ClF2N2O3. The second kappa shape index (κ2) is 8.19. The van der Waals surface area contributed by atoms with Crippen molar-refractivity contribution in [3.8, 4) is 0 Å². The van der Waals surface area contributed by atoms with Crippen LogP contribution in [-0.4, -0.2) is 38.5 Å². The highest BCUT2D eigenvalue weighted by molar-refractivity contribution is 6.34. The van der Waals surface area contributed by atoms with Gasteiger partial charge in [0.1, 0.15) is 0 Å². The van der Waals surface area contributed by atoms with Crippen molar-refractivity contribution in [3.05, 3.63) is 40.7 Å². The highest BCUT2D eigenvalue weighted by Crippen LogP contribution is 2.42. The molecule has 2 aromatic rings. The van der Waals surface area contributed by atoms with Gasteiger partial charge in [0.15, 0.2) is 0 Å². The monoisotopic (exact) mass is 440 g/mol. The predicted octanol–water partition coefficient (Wildman–Crippen LogP) is 5.22. The molecule has 1 saturated carbocycles. The number of alkyl halides is 2. The summed E-state index contributed by atoms with van der Waals surface area (Å²) >= 11 is 6.42. The first kappa shape index (κ1) is 21.7. The Labute approximate surface area is 179 Å². The first-order valence-corrected chi connectivity index (χ1v) is 10.8. The van der Waals surface area contributed by atoms with Crippen molar-refractivity contribution < 1.29 is 23.7 Å². The summed E-state index contributed by atoms with van der Waals surface area (Å²) in [6, 6.07) is 5.42. The largest absolute Gasteiger partial charge is 0.389 e. The van der Waals surface area contributed by atoms with Gasteiger partial charge in [0.2, 0.25) is 0 Å². The standard InChI is InChI=1S/C22H27ClF2N2O3/c23-16-4-1-8-27-17(19-5-2-9-30-19)11-15(20(16)27)18(28)10-14(26)12-21(29)6-3-7-22(24,25)13-21/h1,4,8,11,18-19,26,28-29H,2-3,5-7,9-10,12-13H2. The minimum atomic E-state index is -2.91. The number of hydrogen-bond donors (Lipinski definition) is 3. The molecule has 1 aliphatic heterocycles. The topological polar surface area (TPSA) is 78.0 Å². The van der Waals surface area contributed by atoms with E-state index < -0.39 is 24.0 Å². The average molecular weight is 441 g/mol. The lowest BCUT2D eigenvalue weighted by molar-refractivity contribution is -0.121. The minimum absolute atomic E-state index is 0.0489. The number of aliphatic hydroxyl groups excluding tert-OH is 1. The fraction of sp³-hybridized carbons (Fsp3) is 0.591. The summed E-state index contributed by atoms with van der Waals surface area (Å²) in [5, 5.41) is 30.2. The summed E-state index contributed by atoms with van der Waals surface area (Å²) < 4.78 is 35.2. The maximum absolute atomic E-state index is 13.7. The van der Waals surface area contributed by atoms with E-state index in [0.717, 1.165) is 18.5 Å². The number of nitrogens with one attached hydrogen (secondary N) is 1. The van der Waals surface area contributed by atoms with Crippen molar-refractivity contribution in [2.24, 2.45) is 0 Å². The number of rotatable bonds is 6. The van der Waals surface area contributed by atoms with Crippen molar-refractivity contribution in [1.82, 2.24) is 4.40 Å². The van der Waals surface area contributed by atoms with E-state index in [1.165, 1.54) is 0 Å². The fourth-order valence-corrected chi connectivity index (χ4v) is 5.16. The Hall–Kier alpha value is -1.54. The van der Waals surface area contributed by atoms with Crippen LogP contribution < -0.4 is 0 Å². The molecule has 1 aliphatic carbocycles. The van der Waals surface area contributed by atoms with Gasteiger partial charge in [-0.1, -0.05) is 11.6 Å². The Bertz CT molecular complexity index is 942. The number of fused-ring (bicyclic) bond motifs is 1. The highest BCUT2D eigenvalue weighted by Gasteiger charge is 2.45. The van der Waals surface area contributed by atoms with Crippen LogP contribution in [0.25, 0.3) is 5.52 Å². The van der Waals surface area contributed by atoms with E-state index in [0.29, 0.717) is 22.7 Å². The quantitative estimate of drug-likeness (QED) is 0.539. The number of aliphatic hydroxyl groups is 2. The molecule has 3 N–H and O–H groups in total. The lowest BCUT2D eigenvalue weighted by Crippen LogP contribution is -2.42. The van der Waals surface area contributed by atoms with Gasteiger partial charge in [0, 0.05) is 49.8 Å². The summed E-state index contributed by atoms with van der Waals surface area (Å²) in [6.07, 6.45) is 1.98. The first-order valence-electron chi connectivity index (χ1n) is 10.4. The van der Waals surface area contributed by atoms with Crippen LogP contribution in [-0.2, 0) is 4.74 Å². The Morgan fingerprint density at radius 1 is 1.37 bits per heavy atom. The van der Waals surface area contributed by atoms with Gasteiger partial charge < -0.3 is 24.8 Å². The van der Waals surface area contributed by atoms with Crippen LogP contribution >= 0.6 is 11.6 Å².